The van der Waals surface area contributed by atoms with E-state index in [4.69, 9.17) is 25.8 Å². The number of hydrogen-bond donors (Lipinski definition) is 1. The summed E-state index contributed by atoms with van der Waals surface area (Å²) in [6.45, 7) is 0.734. The summed E-state index contributed by atoms with van der Waals surface area (Å²) in [7, 11) is -3.26. The van der Waals surface area contributed by atoms with Crippen molar-refractivity contribution in [3.63, 3.8) is 0 Å². The predicted molar refractivity (Wildman–Crippen MR) is 113 cm³/mol. The topological polar surface area (TPSA) is 108 Å². The molecule has 2 aromatic rings. The molecule has 30 heavy (non-hydrogen) atoms. The van der Waals surface area contributed by atoms with Crippen LogP contribution < -0.4 is 14.2 Å². The molecule has 0 spiro atoms. The Balaban J connectivity index is 1.57. The fourth-order valence-electron chi connectivity index (χ4n) is 2.66. The van der Waals surface area contributed by atoms with Crippen molar-refractivity contribution in [3.8, 4) is 11.5 Å². The number of benzene rings is 1. The fourth-order valence-corrected chi connectivity index (χ4v) is 4.33. The van der Waals surface area contributed by atoms with Crippen LogP contribution in [0.15, 0.2) is 24.3 Å². The largest absolute Gasteiger partial charge is 0.489 e. The van der Waals surface area contributed by atoms with E-state index in [1.165, 1.54) is 23.5 Å². The van der Waals surface area contributed by atoms with Crippen LogP contribution in [0.2, 0.25) is 5.02 Å². The summed E-state index contributed by atoms with van der Waals surface area (Å²) in [6.07, 6.45) is 2.24. The number of hydrogen-bond acceptors (Lipinski definition) is 8. The number of sulfonamides is 1. The molecule has 0 aliphatic carbocycles. The lowest BCUT2D eigenvalue weighted by molar-refractivity contribution is 0.0475. The van der Waals surface area contributed by atoms with Crippen molar-refractivity contribution in [2.24, 2.45) is 0 Å². The number of thiophene rings is 1. The number of Topliss-reactive ketones (excluding diaryl/α,β-unsaturated/α-hetero) is 1. The highest BCUT2D eigenvalue weighted by molar-refractivity contribution is 7.88. The third-order valence-corrected chi connectivity index (χ3v) is 6.24. The average molecular weight is 474 g/mol. The predicted octanol–water partition coefficient (Wildman–Crippen LogP) is 2.69. The summed E-state index contributed by atoms with van der Waals surface area (Å²) in [4.78, 5) is 25.9. The Labute approximate surface area is 183 Å². The van der Waals surface area contributed by atoms with Gasteiger partial charge in [0.25, 0.3) is 0 Å². The molecule has 1 N–H and O–H groups in total. The number of carbonyl (C=O) groups is 2. The minimum atomic E-state index is -3.26. The van der Waals surface area contributed by atoms with E-state index in [2.05, 4.69) is 4.72 Å². The summed E-state index contributed by atoms with van der Waals surface area (Å²) in [6, 6.07) is 6.27. The summed E-state index contributed by atoms with van der Waals surface area (Å²) in [5, 5.41) is 0.235. The number of fused-ring (bicyclic) bond motifs is 1. The molecule has 0 amide bonds. The van der Waals surface area contributed by atoms with Crippen LogP contribution in [0.1, 0.15) is 31.3 Å². The zero-order chi connectivity index (χ0) is 21.7. The Morgan fingerprint density at radius 3 is 2.77 bits per heavy atom. The standard InChI is InChI=1S/C19H20ClNO7S2/c1-30(24,25)21-6-5-13-3-4-17(29-13)15(22)11-28-19(23)12-9-14(20)18-16(10-12)26-7-2-8-27-18/h3-4,9-10,21H,2,5-8,11H2,1H3. The molecular weight excluding hydrogens is 454 g/mol. The molecule has 0 saturated carbocycles. The van der Waals surface area contributed by atoms with Crippen molar-refractivity contribution < 1.29 is 32.2 Å². The zero-order valence-corrected chi connectivity index (χ0v) is 18.5. The minimum Gasteiger partial charge on any atom is -0.489 e. The second-order valence-corrected chi connectivity index (χ2v) is 9.93. The highest BCUT2D eigenvalue weighted by atomic mass is 35.5. The zero-order valence-electron chi connectivity index (χ0n) is 16.1. The Morgan fingerprint density at radius 2 is 2.00 bits per heavy atom. The van der Waals surface area contributed by atoms with Gasteiger partial charge in [-0.15, -0.1) is 11.3 Å². The van der Waals surface area contributed by atoms with Crippen LogP contribution in [0.4, 0.5) is 0 Å². The van der Waals surface area contributed by atoms with E-state index < -0.39 is 22.6 Å². The molecule has 0 bridgehead atoms. The van der Waals surface area contributed by atoms with E-state index in [0.29, 0.717) is 42.4 Å². The molecule has 0 saturated heterocycles. The van der Waals surface area contributed by atoms with Gasteiger partial charge in [0.1, 0.15) is 0 Å². The Bertz CT molecular complexity index is 1050. The summed E-state index contributed by atoms with van der Waals surface area (Å²) >= 11 is 7.40. The fraction of sp³-hybridized carbons (Fsp3) is 0.368. The van der Waals surface area contributed by atoms with Crippen LogP contribution in [0.3, 0.4) is 0 Å². The average Bonchev–Trinajstić information content (AvgIpc) is 3.01. The van der Waals surface area contributed by atoms with E-state index in [1.807, 2.05) is 0 Å². The monoisotopic (exact) mass is 473 g/mol. The van der Waals surface area contributed by atoms with Crippen LogP contribution in [0.25, 0.3) is 0 Å². The van der Waals surface area contributed by atoms with Gasteiger partial charge in [-0.1, -0.05) is 11.6 Å². The lowest BCUT2D eigenvalue weighted by atomic mass is 10.2. The van der Waals surface area contributed by atoms with Gasteiger partial charge in [0.05, 0.1) is 34.9 Å². The second kappa shape index (κ2) is 9.78. The smallest absolute Gasteiger partial charge is 0.338 e. The van der Waals surface area contributed by atoms with Gasteiger partial charge in [-0.3, -0.25) is 4.79 Å². The Morgan fingerprint density at radius 1 is 1.23 bits per heavy atom. The van der Waals surface area contributed by atoms with Crippen LogP contribution in [-0.2, 0) is 21.2 Å². The third-order valence-electron chi connectivity index (χ3n) is 4.04. The maximum absolute atomic E-state index is 12.4. The first-order valence-electron chi connectivity index (χ1n) is 9.06. The lowest BCUT2D eigenvalue weighted by Crippen LogP contribution is -2.24. The molecule has 1 aromatic heterocycles. The summed E-state index contributed by atoms with van der Waals surface area (Å²) in [5.41, 5.74) is 0.163. The number of esters is 1. The third kappa shape index (κ3) is 6.18. The Kier molecular flexibility index (Phi) is 7.35. The van der Waals surface area contributed by atoms with Crippen LogP contribution in [-0.4, -0.2) is 52.8 Å². The number of rotatable bonds is 8. The minimum absolute atomic E-state index is 0.163. The van der Waals surface area contributed by atoms with Gasteiger partial charge in [0.15, 0.2) is 18.1 Å². The highest BCUT2D eigenvalue weighted by Gasteiger charge is 2.20. The van der Waals surface area contributed by atoms with Crippen LogP contribution >= 0.6 is 22.9 Å². The first kappa shape index (κ1) is 22.5. The second-order valence-electron chi connectivity index (χ2n) is 6.52. The Hall–Kier alpha value is -2.14. The SMILES string of the molecule is CS(=O)(=O)NCCc1ccc(C(=O)COC(=O)c2cc(Cl)c3c(c2)OCCCO3)s1. The van der Waals surface area contributed by atoms with Crippen molar-refractivity contribution in [2.45, 2.75) is 12.8 Å². The quantitative estimate of drug-likeness (QED) is 0.463. The molecule has 1 aliphatic heterocycles. The molecule has 0 radical (unpaired) electrons. The van der Waals surface area contributed by atoms with Gasteiger partial charge >= 0.3 is 5.97 Å². The van der Waals surface area contributed by atoms with Gasteiger partial charge in [0.2, 0.25) is 15.8 Å². The molecule has 11 heteroatoms. The molecular formula is C19H20ClNO7S2. The summed E-state index contributed by atoms with van der Waals surface area (Å²) in [5.74, 6) is -0.298. The van der Waals surface area contributed by atoms with Gasteiger partial charge < -0.3 is 14.2 Å². The maximum Gasteiger partial charge on any atom is 0.338 e. The van der Waals surface area contributed by atoms with Crippen molar-refractivity contribution >= 4 is 44.7 Å². The number of ether oxygens (including phenoxy) is 3. The van der Waals surface area contributed by atoms with E-state index >= 15 is 0 Å². The van der Waals surface area contributed by atoms with Crippen molar-refractivity contribution in [1.82, 2.24) is 4.72 Å². The number of carbonyl (C=O) groups excluding carboxylic acids is 2. The molecule has 2 heterocycles. The molecule has 0 unspecified atom stereocenters. The number of halogens is 1. The van der Waals surface area contributed by atoms with Crippen LogP contribution in [0, 0.1) is 0 Å². The highest BCUT2D eigenvalue weighted by Crippen LogP contribution is 2.38. The van der Waals surface area contributed by atoms with Crippen molar-refractivity contribution in [1.29, 1.82) is 0 Å². The van der Waals surface area contributed by atoms with E-state index in [1.54, 1.807) is 12.1 Å². The van der Waals surface area contributed by atoms with Crippen molar-refractivity contribution in [2.75, 3.05) is 32.6 Å². The van der Waals surface area contributed by atoms with Gasteiger partial charge in [-0.2, -0.15) is 0 Å². The number of nitrogens with one attached hydrogen (secondary N) is 1. The molecule has 0 atom stereocenters. The van der Waals surface area contributed by atoms with Gasteiger partial charge in [-0.25, -0.2) is 17.9 Å². The van der Waals surface area contributed by atoms with E-state index in [9.17, 15) is 18.0 Å². The van der Waals surface area contributed by atoms with E-state index in [-0.39, 0.29) is 22.9 Å². The van der Waals surface area contributed by atoms with Crippen molar-refractivity contribution in [3.05, 3.63) is 44.6 Å². The lowest BCUT2D eigenvalue weighted by Gasteiger charge is -2.11. The maximum atomic E-state index is 12.4. The first-order chi connectivity index (χ1) is 14.2. The van der Waals surface area contributed by atoms with Gasteiger partial charge in [0, 0.05) is 17.8 Å². The van der Waals surface area contributed by atoms with Gasteiger partial charge in [-0.05, 0) is 30.7 Å². The first-order valence-corrected chi connectivity index (χ1v) is 12.1. The molecule has 3 rings (SSSR count). The normalized spacial score (nSPS) is 13.5. The molecule has 162 valence electrons. The number of ketones is 1. The van der Waals surface area contributed by atoms with E-state index in [0.717, 1.165) is 11.1 Å². The van der Waals surface area contributed by atoms with Crippen LogP contribution in [0.5, 0.6) is 11.5 Å². The molecule has 1 aliphatic rings. The molecule has 8 nitrogen and oxygen atoms in total. The summed E-state index contributed by atoms with van der Waals surface area (Å²) < 4.78 is 40.8. The molecule has 1 aromatic carbocycles. The molecule has 0 fully saturated rings.